The molecule has 3 aromatic rings. The molecule has 9 nitrogen and oxygen atoms in total. The number of hydrogen-bond donors (Lipinski definition) is 2. The lowest BCUT2D eigenvalue weighted by Crippen LogP contribution is -2.38. The number of carbonyl (C=O) groups is 1. The number of nitriles is 1. The normalized spacial score (nSPS) is 16.1. The van der Waals surface area contributed by atoms with E-state index in [-0.39, 0.29) is 11.8 Å². The number of anilines is 2. The van der Waals surface area contributed by atoms with E-state index in [1.54, 1.807) is 33.0 Å². The minimum Gasteiger partial charge on any atom is -0.481 e. The zero-order valence-electron chi connectivity index (χ0n) is 26.5. The largest absolute Gasteiger partial charge is 0.481 e. The Bertz CT molecular complexity index is 1520. The molecular weight excluding hydrogens is 540 g/mol. The number of aliphatic carboxylic acids is 1. The number of piperidine rings is 1. The summed E-state index contributed by atoms with van der Waals surface area (Å²) in [5.74, 6) is -0.262. The fraction of sp³-hybridized carbons (Fsp3) is 0.500. The summed E-state index contributed by atoms with van der Waals surface area (Å²) < 4.78 is 0. The van der Waals surface area contributed by atoms with Gasteiger partial charge in [0.2, 0.25) is 5.95 Å². The number of pyridine rings is 1. The number of rotatable bonds is 5. The molecule has 0 saturated carbocycles. The van der Waals surface area contributed by atoms with Gasteiger partial charge in [0.1, 0.15) is 11.8 Å². The minimum absolute atomic E-state index is 0.0387. The molecule has 0 spiro atoms. The molecule has 228 valence electrons. The van der Waals surface area contributed by atoms with Crippen LogP contribution in [0.3, 0.4) is 0 Å². The third-order valence-corrected chi connectivity index (χ3v) is 7.97. The summed E-state index contributed by atoms with van der Waals surface area (Å²) in [6.07, 6.45) is 4.55. The number of hydrogen-bond acceptors (Lipinski definition) is 8. The van der Waals surface area contributed by atoms with Gasteiger partial charge >= 0.3 is 5.97 Å². The van der Waals surface area contributed by atoms with Gasteiger partial charge in [-0.2, -0.15) is 5.26 Å². The van der Waals surface area contributed by atoms with Gasteiger partial charge in [0.15, 0.2) is 0 Å². The standard InChI is InChI=1S/C30H34N6O2.C4H10O/c1-19-25(16-26(37)38)28(35-13-9-30(3,4)10-14-35)27(20(2)33-19)22-5-6-23-18-36(12-8-21(23)15-22)29-32-11-7-24(17-31)34-29;1-4(2,3)5/h5-7,11,15H,8-10,12-14,16,18H2,1-4H3,(H,37,38);5H,1-3H3. The number of aryl methyl sites for hydroxylation is 2. The zero-order valence-corrected chi connectivity index (χ0v) is 26.5. The van der Waals surface area contributed by atoms with Crippen LogP contribution in [0.1, 0.15) is 81.2 Å². The van der Waals surface area contributed by atoms with Crippen LogP contribution < -0.4 is 9.80 Å². The predicted molar refractivity (Wildman–Crippen MR) is 169 cm³/mol. The van der Waals surface area contributed by atoms with E-state index in [2.05, 4.69) is 57.9 Å². The highest BCUT2D eigenvalue weighted by atomic mass is 16.4. The molecule has 4 heterocycles. The second kappa shape index (κ2) is 12.7. The molecule has 9 heteroatoms. The lowest BCUT2D eigenvalue weighted by Gasteiger charge is -2.40. The molecule has 5 rings (SSSR count). The van der Waals surface area contributed by atoms with Crippen LogP contribution in [0.15, 0.2) is 30.5 Å². The van der Waals surface area contributed by atoms with Crippen LogP contribution in [-0.4, -0.2) is 56.4 Å². The molecule has 43 heavy (non-hydrogen) atoms. The maximum absolute atomic E-state index is 11.9. The van der Waals surface area contributed by atoms with E-state index in [1.165, 1.54) is 11.1 Å². The topological polar surface area (TPSA) is 126 Å². The van der Waals surface area contributed by atoms with E-state index < -0.39 is 11.6 Å². The van der Waals surface area contributed by atoms with E-state index in [0.29, 0.717) is 18.2 Å². The van der Waals surface area contributed by atoms with E-state index in [1.807, 2.05) is 13.8 Å². The van der Waals surface area contributed by atoms with Crippen LogP contribution >= 0.6 is 0 Å². The Labute approximate surface area is 255 Å². The predicted octanol–water partition coefficient (Wildman–Crippen LogP) is 5.62. The van der Waals surface area contributed by atoms with E-state index in [9.17, 15) is 15.2 Å². The van der Waals surface area contributed by atoms with Crippen molar-refractivity contribution in [3.63, 3.8) is 0 Å². The van der Waals surface area contributed by atoms with Gasteiger partial charge < -0.3 is 20.0 Å². The molecule has 0 atom stereocenters. The third kappa shape index (κ3) is 8.08. The number of aliphatic hydroxyl groups is 1. The molecule has 0 amide bonds. The van der Waals surface area contributed by atoms with Gasteiger partial charge in [-0.1, -0.05) is 32.0 Å². The Balaban J connectivity index is 0.000000782. The quantitative estimate of drug-likeness (QED) is 0.393. The molecule has 0 unspecified atom stereocenters. The first-order valence-electron chi connectivity index (χ1n) is 14.9. The number of carboxylic acids is 1. The molecule has 0 radical (unpaired) electrons. The lowest BCUT2D eigenvalue weighted by molar-refractivity contribution is -0.136. The Morgan fingerprint density at radius 2 is 1.70 bits per heavy atom. The Hall–Kier alpha value is -4.03. The van der Waals surface area contributed by atoms with Crippen LogP contribution in [0.25, 0.3) is 11.1 Å². The average molecular weight is 585 g/mol. The first-order valence-corrected chi connectivity index (χ1v) is 14.9. The first kappa shape index (κ1) is 31.9. The summed E-state index contributed by atoms with van der Waals surface area (Å²) in [7, 11) is 0. The second-order valence-corrected chi connectivity index (χ2v) is 13.4. The Kier molecular flexibility index (Phi) is 9.41. The first-order chi connectivity index (χ1) is 20.1. The molecule has 0 bridgehead atoms. The van der Waals surface area contributed by atoms with Crippen molar-refractivity contribution < 1.29 is 15.0 Å². The Morgan fingerprint density at radius 1 is 1.02 bits per heavy atom. The van der Waals surface area contributed by atoms with Crippen molar-refractivity contribution in [1.82, 2.24) is 15.0 Å². The third-order valence-electron chi connectivity index (χ3n) is 7.97. The highest BCUT2D eigenvalue weighted by Crippen LogP contribution is 2.42. The number of benzene rings is 1. The van der Waals surface area contributed by atoms with Crippen LogP contribution in [0.5, 0.6) is 0 Å². The molecule has 0 aliphatic carbocycles. The summed E-state index contributed by atoms with van der Waals surface area (Å²) in [6, 6.07) is 10.2. The van der Waals surface area contributed by atoms with Gasteiger partial charge in [0, 0.05) is 54.9 Å². The van der Waals surface area contributed by atoms with Crippen molar-refractivity contribution in [3.05, 3.63) is 64.2 Å². The fourth-order valence-electron chi connectivity index (χ4n) is 5.70. The molecule has 1 fully saturated rings. The van der Waals surface area contributed by atoms with Crippen molar-refractivity contribution >= 4 is 17.6 Å². The van der Waals surface area contributed by atoms with Crippen LogP contribution in [-0.2, 0) is 24.2 Å². The molecule has 2 aliphatic heterocycles. The molecule has 2 N–H and O–H groups in total. The number of fused-ring (bicyclic) bond motifs is 1. The molecular formula is C34H44N6O3. The van der Waals surface area contributed by atoms with Gasteiger partial charge in [0.05, 0.1) is 17.7 Å². The van der Waals surface area contributed by atoms with E-state index >= 15 is 0 Å². The average Bonchev–Trinajstić information content (AvgIpc) is 2.93. The number of aromatic nitrogens is 3. The summed E-state index contributed by atoms with van der Waals surface area (Å²) in [5, 5.41) is 27.5. The monoisotopic (exact) mass is 584 g/mol. The Morgan fingerprint density at radius 3 is 2.33 bits per heavy atom. The summed E-state index contributed by atoms with van der Waals surface area (Å²) >= 11 is 0. The maximum Gasteiger partial charge on any atom is 0.307 e. The number of nitrogens with zero attached hydrogens (tertiary/aromatic N) is 6. The van der Waals surface area contributed by atoms with Crippen molar-refractivity contribution in [1.29, 1.82) is 5.26 Å². The van der Waals surface area contributed by atoms with Gasteiger partial charge in [-0.15, -0.1) is 0 Å². The van der Waals surface area contributed by atoms with Crippen LogP contribution in [0.2, 0.25) is 0 Å². The highest BCUT2D eigenvalue weighted by molar-refractivity contribution is 5.86. The summed E-state index contributed by atoms with van der Waals surface area (Å²) in [5.41, 5.74) is 8.31. The molecule has 2 aromatic heterocycles. The van der Waals surface area contributed by atoms with Crippen LogP contribution in [0, 0.1) is 30.6 Å². The molecule has 1 aromatic carbocycles. The minimum atomic E-state index is -0.837. The van der Waals surface area contributed by atoms with Gasteiger partial charge in [0.25, 0.3) is 0 Å². The smallest absolute Gasteiger partial charge is 0.307 e. The second-order valence-electron chi connectivity index (χ2n) is 13.4. The summed E-state index contributed by atoms with van der Waals surface area (Å²) in [6.45, 7) is 17.0. The van der Waals surface area contributed by atoms with Gasteiger partial charge in [-0.3, -0.25) is 9.78 Å². The van der Waals surface area contributed by atoms with Crippen molar-refractivity contribution in [2.45, 2.75) is 86.3 Å². The SMILES string of the molecule is CC(C)(C)O.Cc1nc(C)c(-c2ccc3c(c2)CCN(c2nccc(C#N)n2)C3)c(N2CCC(C)(C)CC2)c1CC(=O)O. The molecule has 2 aliphatic rings. The van der Waals surface area contributed by atoms with E-state index in [4.69, 9.17) is 10.1 Å². The fourth-order valence-corrected chi connectivity index (χ4v) is 5.70. The van der Waals surface area contributed by atoms with Crippen molar-refractivity contribution in [2.24, 2.45) is 5.41 Å². The maximum atomic E-state index is 11.9. The van der Waals surface area contributed by atoms with Crippen molar-refractivity contribution in [2.75, 3.05) is 29.4 Å². The van der Waals surface area contributed by atoms with Gasteiger partial charge in [-0.25, -0.2) is 9.97 Å². The number of carboxylic acid groups (broad SMARTS) is 1. The lowest BCUT2D eigenvalue weighted by atomic mass is 9.82. The van der Waals surface area contributed by atoms with Crippen LogP contribution in [0.4, 0.5) is 11.6 Å². The molecule has 1 saturated heterocycles. The highest BCUT2D eigenvalue weighted by Gasteiger charge is 2.30. The van der Waals surface area contributed by atoms with Gasteiger partial charge in [-0.05, 0) is 82.1 Å². The van der Waals surface area contributed by atoms with Crippen molar-refractivity contribution in [3.8, 4) is 17.2 Å². The van der Waals surface area contributed by atoms with E-state index in [0.717, 1.165) is 72.7 Å². The summed E-state index contributed by atoms with van der Waals surface area (Å²) in [4.78, 5) is 30.0. The zero-order chi connectivity index (χ0) is 31.5.